The molecule has 124 valence electrons. The van der Waals surface area contributed by atoms with Gasteiger partial charge in [0.1, 0.15) is 17.3 Å². The van der Waals surface area contributed by atoms with Crippen LogP contribution in [0.15, 0.2) is 41.6 Å². The molecule has 0 unspecified atom stereocenters. The van der Waals surface area contributed by atoms with Crippen LogP contribution in [0, 0.1) is 11.6 Å². The van der Waals surface area contributed by atoms with E-state index in [1.165, 1.54) is 25.3 Å². The lowest BCUT2D eigenvalue weighted by Gasteiger charge is -2.16. The van der Waals surface area contributed by atoms with Crippen LogP contribution in [0.4, 0.5) is 19.3 Å². The maximum absolute atomic E-state index is 13.3. The van der Waals surface area contributed by atoms with Crippen LogP contribution in [0.3, 0.4) is 0 Å². The van der Waals surface area contributed by atoms with Crippen molar-refractivity contribution in [2.75, 3.05) is 5.01 Å². The summed E-state index contributed by atoms with van der Waals surface area (Å²) < 4.78 is 26.6. The first kappa shape index (κ1) is 17.0. The van der Waals surface area contributed by atoms with Crippen LogP contribution in [0.25, 0.3) is 0 Å². The standard InChI is InChI=1S/C15H12F2N4O3/c1-8(13-12(14(22)23)3-2-4-19-13)20-21(15(18)24)11-6-9(16)5-10(17)7-11/h2-7H,1H3,(H2,18,24)(H,22,23)/b20-8+. The lowest BCUT2D eigenvalue weighted by Crippen LogP contribution is -2.32. The van der Waals surface area contributed by atoms with Gasteiger partial charge in [0.15, 0.2) is 0 Å². The number of carbonyl (C=O) groups excluding carboxylic acids is 1. The Kier molecular flexibility index (Phi) is 4.83. The summed E-state index contributed by atoms with van der Waals surface area (Å²) in [5.74, 6) is -3.09. The Morgan fingerprint density at radius 3 is 2.42 bits per heavy atom. The number of nitrogens with two attached hydrogens (primary N) is 1. The topological polar surface area (TPSA) is 109 Å². The van der Waals surface area contributed by atoms with Gasteiger partial charge in [0.2, 0.25) is 0 Å². The lowest BCUT2D eigenvalue weighted by atomic mass is 10.1. The number of urea groups is 1. The molecular formula is C15H12F2N4O3. The van der Waals surface area contributed by atoms with E-state index < -0.39 is 23.6 Å². The molecule has 0 aliphatic carbocycles. The molecule has 2 rings (SSSR count). The molecule has 1 heterocycles. The smallest absolute Gasteiger partial charge is 0.340 e. The van der Waals surface area contributed by atoms with Crippen molar-refractivity contribution in [1.82, 2.24) is 4.98 Å². The van der Waals surface area contributed by atoms with E-state index in [9.17, 15) is 18.4 Å². The molecule has 7 nitrogen and oxygen atoms in total. The summed E-state index contributed by atoms with van der Waals surface area (Å²) in [7, 11) is 0. The van der Waals surface area contributed by atoms with Crippen molar-refractivity contribution in [3.8, 4) is 0 Å². The number of pyridine rings is 1. The van der Waals surface area contributed by atoms with Crippen molar-refractivity contribution in [2.24, 2.45) is 10.8 Å². The summed E-state index contributed by atoms with van der Waals surface area (Å²) in [6, 6.07) is 3.98. The van der Waals surface area contributed by atoms with Gasteiger partial charge in [-0.3, -0.25) is 4.98 Å². The Morgan fingerprint density at radius 2 is 1.88 bits per heavy atom. The third-order valence-corrected chi connectivity index (χ3v) is 2.93. The zero-order valence-corrected chi connectivity index (χ0v) is 12.4. The summed E-state index contributed by atoms with van der Waals surface area (Å²) in [6.45, 7) is 1.39. The van der Waals surface area contributed by atoms with Crippen molar-refractivity contribution in [3.05, 3.63) is 59.4 Å². The lowest BCUT2D eigenvalue weighted by molar-refractivity contribution is 0.0696. The molecule has 1 aromatic carbocycles. The number of carboxylic acids is 1. The van der Waals surface area contributed by atoms with Gasteiger partial charge in [-0.25, -0.2) is 18.4 Å². The monoisotopic (exact) mass is 334 g/mol. The second-order valence-electron chi connectivity index (χ2n) is 4.67. The number of aromatic carboxylic acids is 1. The average molecular weight is 334 g/mol. The molecule has 0 fully saturated rings. The van der Waals surface area contributed by atoms with E-state index in [-0.39, 0.29) is 22.7 Å². The van der Waals surface area contributed by atoms with Gasteiger partial charge < -0.3 is 10.8 Å². The highest BCUT2D eigenvalue weighted by molar-refractivity contribution is 6.07. The summed E-state index contributed by atoms with van der Waals surface area (Å²) in [6.07, 6.45) is 1.34. The minimum Gasteiger partial charge on any atom is -0.478 e. The maximum atomic E-state index is 13.3. The number of nitrogens with zero attached hydrogens (tertiary/aromatic N) is 3. The third kappa shape index (κ3) is 3.69. The van der Waals surface area contributed by atoms with Gasteiger partial charge in [-0.1, -0.05) is 0 Å². The summed E-state index contributed by atoms with van der Waals surface area (Å²) in [4.78, 5) is 26.7. The SMILES string of the molecule is C/C(=N\N(C(N)=O)c1cc(F)cc(F)c1)c1ncccc1C(=O)O. The number of hydrazone groups is 1. The van der Waals surface area contributed by atoms with E-state index in [0.29, 0.717) is 11.1 Å². The quantitative estimate of drug-likeness (QED) is 0.661. The first-order valence-corrected chi connectivity index (χ1v) is 6.59. The van der Waals surface area contributed by atoms with Crippen LogP contribution in [0.5, 0.6) is 0 Å². The van der Waals surface area contributed by atoms with E-state index in [1.807, 2.05) is 0 Å². The van der Waals surface area contributed by atoms with Crippen LogP contribution in [-0.4, -0.2) is 27.8 Å². The second-order valence-corrected chi connectivity index (χ2v) is 4.67. The molecule has 3 N–H and O–H groups in total. The normalized spacial score (nSPS) is 11.2. The molecule has 9 heteroatoms. The fourth-order valence-corrected chi connectivity index (χ4v) is 1.96. The largest absolute Gasteiger partial charge is 0.478 e. The molecule has 0 atom stereocenters. The molecule has 0 bridgehead atoms. The predicted molar refractivity (Wildman–Crippen MR) is 81.8 cm³/mol. The number of halogens is 2. The van der Waals surface area contributed by atoms with Crippen molar-refractivity contribution in [3.63, 3.8) is 0 Å². The zero-order chi connectivity index (χ0) is 17.9. The van der Waals surface area contributed by atoms with Crippen molar-refractivity contribution in [2.45, 2.75) is 6.92 Å². The van der Waals surface area contributed by atoms with Gasteiger partial charge in [-0.2, -0.15) is 10.1 Å². The van der Waals surface area contributed by atoms with Crippen LogP contribution < -0.4 is 10.7 Å². The molecular weight excluding hydrogens is 322 g/mol. The molecule has 0 saturated heterocycles. The number of hydrogen-bond acceptors (Lipinski definition) is 4. The Labute approximate surface area is 135 Å². The zero-order valence-electron chi connectivity index (χ0n) is 12.4. The van der Waals surface area contributed by atoms with E-state index in [4.69, 9.17) is 10.8 Å². The van der Waals surface area contributed by atoms with E-state index in [0.717, 1.165) is 12.1 Å². The second kappa shape index (κ2) is 6.82. The highest BCUT2D eigenvalue weighted by atomic mass is 19.1. The van der Waals surface area contributed by atoms with Crippen LogP contribution in [0.1, 0.15) is 23.0 Å². The number of carboxylic acid groups (broad SMARTS) is 1. The number of hydrogen-bond donors (Lipinski definition) is 2. The molecule has 0 radical (unpaired) electrons. The van der Waals surface area contributed by atoms with E-state index in [2.05, 4.69) is 10.1 Å². The Balaban J connectivity index is 2.52. The van der Waals surface area contributed by atoms with Crippen molar-refractivity contribution in [1.29, 1.82) is 0 Å². The summed E-state index contributed by atoms with van der Waals surface area (Å²) >= 11 is 0. The highest BCUT2D eigenvalue weighted by Gasteiger charge is 2.18. The summed E-state index contributed by atoms with van der Waals surface area (Å²) in [5, 5.41) is 13.6. The number of primary amides is 1. The van der Waals surface area contributed by atoms with Gasteiger partial charge in [-0.05, 0) is 31.2 Å². The van der Waals surface area contributed by atoms with Crippen LogP contribution in [-0.2, 0) is 0 Å². The minimum atomic E-state index is -1.24. The Bertz CT molecular complexity index is 819. The first-order valence-electron chi connectivity index (χ1n) is 6.59. The van der Waals surface area contributed by atoms with E-state index in [1.54, 1.807) is 0 Å². The molecule has 24 heavy (non-hydrogen) atoms. The van der Waals surface area contributed by atoms with Gasteiger partial charge in [0, 0.05) is 12.3 Å². The summed E-state index contributed by atoms with van der Waals surface area (Å²) in [5.41, 5.74) is 4.82. The molecule has 2 amide bonds. The third-order valence-electron chi connectivity index (χ3n) is 2.93. The number of anilines is 1. The van der Waals surface area contributed by atoms with Gasteiger partial charge in [0.05, 0.1) is 17.0 Å². The average Bonchev–Trinajstić information content (AvgIpc) is 2.51. The highest BCUT2D eigenvalue weighted by Crippen LogP contribution is 2.19. The van der Waals surface area contributed by atoms with Crippen LogP contribution in [0.2, 0.25) is 0 Å². The number of aromatic nitrogens is 1. The first-order chi connectivity index (χ1) is 11.3. The van der Waals surface area contributed by atoms with Gasteiger partial charge in [0.25, 0.3) is 0 Å². The number of benzene rings is 1. The fourth-order valence-electron chi connectivity index (χ4n) is 1.96. The van der Waals surface area contributed by atoms with Gasteiger partial charge in [-0.15, -0.1) is 0 Å². The number of carbonyl (C=O) groups is 2. The Hall–Kier alpha value is -3.36. The maximum Gasteiger partial charge on any atom is 0.340 e. The molecule has 1 aromatic heterocycles. The molecule has 0 aliphatic rings. The predicted octanol–water partition coefficient (Wildman–Crippen LogP) is 2.37. The fraction of sp³-hybridized carbons (Fsp3) is 0.0667. The Morgan fingerprint density at radius 1 is 1.25 bits per heavy atom. The van der Waals surface area contributed by atoms with Crippen LogP contribution >= 0.6 is 0 Å². The van der Waals surface area contributed by atoms with Crippen molar-refractivity contribution < 1.29 is 23.5 Å². The molecule has 0 spiro atoms. The molecule has 2 aromatic rings. The van der Waals surface area contributed by atoms with Gasteiger partial charge >= 0.3 is 12.0 Å². The number of amides is 2. The number of rotatable bonds is 4. The van der Waals surface area contributed by atoms with E-state index >= 15 is 0 Å². The molecule has 0 aliphatic heterocycles. The minimum absolute atomic E-state index is 0.00637. The van der Waals surface area contributed by atoms with Crippen molar-refractivity contribution >= 4 is 23.4 Å². The molecule has 0 saturated carbocycles.